The summed E-state index contributed by atoms with van der Waals surface area (Å²) in [4.78, 5) is 0. The summed E-state index contributed by atoms with van der Waals surface area (Å²) in [6, 6.07) is 6.52. The van der Waals surface area contributed by atoms with E-state index in [1.165, 1.54) is 14.0 Å². The molecule has 0 fully saturated rings. The first-order valence-corrected chi connectivity index (χ1v) is 5.19. The van der Waals surface area contributed by atoms with Crippen LogP contribution >= 0.6 is 0 Å². The zero-order valence-corrected chi connectivity index (χ0v) is 9.71. The average molecular weight is 248 g/mol. The van der Waals surface area contributed by atoms with Crippen LogP contribution < -0.4 is 4.74 Å². The van der Waals surface area contributed by atoms with Gasteiger partial charge in [-0.3, -0.25) is 0 Å². The Morgan fingerprint density at radius 2 is 1.76 bits per heavy atom. The summed E-state index contributed by atoms with van der Waals surface area (Å²) in [5.74, 6) is 0.389. The predicted molar refractivity (Wildman–Crippen MR) is 57.9 cm³/mol. The third-order valence-electron chi connectivity index (χ3n) is 2.58. The predicted octanol–water partition coefficient (Wildman–Crippen LogP) is 3.25. The molecule has 96 valence electrons. The number of hydrogen-bond donors (Lipinski definition) is 1. The van der Waals surface area contributed by atoms with E-state index >= 15 is 0 Å². The highest BCUT2D eigenvalue weighted by Crippen LogP contribution is 2.36. The molecule has 2 nitrogen and oxygen atoms in total. The highest BCUT2D eigenvalue weighted by atomic mass is 19.4. The Hall–Kier alpha value is -1.23. The van der Waals surface area contributed by atoms with Gasteiger partial charge in [0.25, 0.3) is 0 Å². The van der Waals surface area contributed by atoms with Gasteiger partial charge in [0, 0.05) is 12.0 Å². The minimum Gasteiger partial charge on any atom is -0.496 e. The second-order valence-corrected chi connectivity index (χ2v) is 4.09. The number of methoxy groups -OCH3 is 1. The van der Waals surface area contributed by atoms with Crippen LogP contribution in [-0.2, 0) is 5.60 Å². The molecule has 0 amide bonds. The molecule has 0 saturated carbocycles. The molecule has 5 heteroatoms. The van der Waals surface area contributed by atoms with E-state index in [0.29, 0.717) is 11.3 Å². The van der Waals surface area contributed by atoms with Crippen molar-refractivity contribution < 1.29 is 23.0 Å². The van der Waals surface area contributed by atoms with Crippen molar-refractivity contribution >= 4 is 0 Å². The van der Waals surface area contributed by atoms with Gasteiger partial charge in [0.2, 0.25) is 0 Å². The molecule has 1 aromatic carbocycles. The van der Waals surface area contributed by atoms with Gasteiger partial charge in [-0.15, -0.1) is 0 Å². The van der Waals surface area contributed by atoms with Gasteiger partial charge in [-0.2, -0.15) is 13.2 Å². The number of hydrogen-bond acceptors (Lipinski definition) is 2. The molecular weight excluding hydrogens is 233 g/mol. The van der Waals surface area contributed by atoms with Crippen LogP contribution in [-0.4, -0.2) is 18.4 Å². The summed E-state index contributed by atoms with van der Waals surface area (Å²) in [5.41, 5.74) is -1.19. The van der Waals surface area contributed by atoms with Gasteiger partial charge in [0.05, 0.1) is 12.7 Å². The number of rotatable bonds is 4. The lowest BCUT2D eigenvalue weighted by Gasteiger charge is -2.26. The van der Waals surface area contributed by atoms with Crippen LogP contribution in [0.15, 0.2) is 24.3 Å². The van der Waals surface area contributed by atoms with Crippen molar-refractivity contribution in [3.8, 4) is 5.75 Å². The molecule has 0 radical (unpaired) electrons. The fourth-order valence-corrected chi connectivity index (χ4v) is 1.61. The van der Waals surface area contributed by atoms with Gasteiger partial charge in [0.1, 0.15) is 5.75 Å². The van der Waals surface area contributed by atoms with E-state index in [1.807, 2.05) is 0 Å². The van der Waals surface area contributed by atoms with Crippen LogP contribution in [0.4, 0.5) is 13.2 Å². The fourth-order valence-electron chi connectivity index (χ4n) is 1.61. The molecule has 0 aromatic heterocycles. The third kappa shape index (κ3) is 3.93. The lowest BCUT2D eigenvalue weighted by molar-refractivity contribution is -0.146. The number of ether oxygens (including phenoxy) is 1. The quantitative estimate of drug-likeness (QED) is 0.886. The molecule has 1 aromatic rings. The van der Waals surface area contributed by atoms with Crippen molar-refractivity contribution in [2.45, 2.75) is 31.5 Å². The molecule has 0 spiro atoms. The number of halogens is 3. The number of benzene rings is 1. The van der Waals surface area contributed by atoms with Crippen LogP contribution in [0.1, 0.15) is 25.3 Å². The lowest BCUT2D eigenvalue weighted by atomic mass is 9.90. The van der Waals surface area contributed by atoms with E-state index in [1.54, 1.807) is 24.3 Å². The molecule has 0 aliphatic rings. The largest absolute Gasteiger partial charge is 0.496 e. The lowest BCUT2D eigenvalue weighted by Crippen LogP contribution is -2.24. The average Bonchev–Trinajstić information content (AvgIpc) is 2.26. The zero-order chi connectivity index (χ0) is 13.1. The summed E-state index contributed by atoms with van der Waals surface area (Å²) in [6.07, 6.45) is -5.69. The van der Waals surface area contributed by atoms with Crippen LogP contribution in [0.5, 0.6) is 5.75 Å². The number of aliphatic hydroxyl groups is 1. The van der Waals surface area contributed by atoms with Crippen molar-refractivity contribution in [3.05, 3.63) is 29.8 Å². The van der Waals surface area contributed by atoms with Crippen molar-refractivity contribution in [1.29, 1.82) is 0 Å². The van der Waals surface area contributed by atoms with E-state index < -0.39 is 24.6 Å². The smallest absolute Gasteiger partial charge is 0.389 e. The monoisotopic (exact) mass is 248 g/mol. The van der Waals surface area contributed by atoms with Crippen LogP contribution in [0.3, 0.4) is 0 Å². The summed E-state index contributed by atoms with van der Waals surface area (Å²) in [7, 11) is 1.42. The highest BCUT2D eigenvalue weighted by molar-refractivity contribution is 5.37. The highest BCUT2D eigenvalue weighted by Gasteiger charge is 2.34. The molecule has 1 unspecified atom stereocenters. The van der Waals surface area contributed by atoms with Crippen molar-refractivity contribution in [1.82, 2.24) is 0 Å². The zero-order valence-electron chi connectivity index (χ0n) is 9.71. The van der Waals surface area contributed by atoms with Crippen molar-refractivity contribution in [3.63, 3.8) is 0 Å². The Balaban J connectivity index is 2.88. The molecule has 1 rings (SSSR count). The Morgan fingerprint density at radius 3 is 2.29 bits per heavy atom. The van der Waals surface area contributed by atoms with Gasteiger partial charge < -0.3 is 9.84 Å². The van der Waals surface area contributed by atoms with E-state index in [-0.39, 0.29) is 0 Å². The van der Waals surface area contributed by atoms with Crippen LogP contribution in [0.2, 0.25) is 0 Å². The van der Waals surface area contributed by atoms with Gasteiger partial charge in [-0.05, 0) is 19.4 Å². The maximum Gasteiger partial charge on any atom is 0.389 e. The molecule has 0 bridgehead atoms. The second-order valence-electron chi connectivity index (χ2n) is 4.09. The minimum atomic E-state index is -4.27. The standard InChI is InChI=1S/C12H15F3O2/c1-11(16,7-8-12(13,14)15)9-5-3-4-6-10(9)17-2/h3-6,16H,7-8H2,1-2H3. The Labute approximate surface area is 98.0 Å². The summed E-state index contributed by atoms with van der Waals surface area (Å²) < 4.78 is 41.4. The Bertz CT molecular complexity index is 372. The second kappa shape index (κ2) is 4.96. The van der Waals surface area contributed by atoms with Crippen molar-refractivity contribution in [2.75, 3.05) is 7.11 Å². The third-order valence-corrected chi connectivity index (χ3v) is 2.58. The molecule has 17 heavy (non-hydrogen) atoms. The van der Waals surface area contributed by atoms with Gasteiger partial charge in [-0.1, -0.05) is 18.2 Å². The maximum atomic E-state index is 12.1. The Kier molecular flexibility index (Phi) is 4.03. The normalized spacial score (nSPS) is 15.4. The summed E-state index contributed by atoms with van der Waals surface area (Å²) >= 11 is 0. The molecule has 1 atom stereocenters. The van der Waals surface area contributed by atoms with Gasteiger partial charge in [0.15, 0.2) is 0 Å². The maximum absolute atomic E-state index is 12.1. The van der Waals surface area contributed by atoms with E-state index in [2.05, 4.69) is 0 Å². The molecule has 1 N–H and O–H groups in total. The number of alkyl halides is 3. The molecule has 0 aliphatic heterocycles. The summed E-state index contributed by atoms with van der Waals surface area (Å²) in [6.45, 7) is 1.36. The van der Waals surface area contributed by atoms with Crippen molar-refractivity contribution in [2.24, 2.45) is 0 Å². The van der Waals surface area contributed by atoms with Crippen LogP contribution in [0.25, 0.3) is 0 Å². The van der Waals surface area contributed by atoms with Crippen LogP contribution in [0, 0.1) is 0 Å². The number of para-hydroxylation sites is 1. The molecule has 0 saturated heterocycles. The fraction of sp³-hybridized carbons (Fsp3) is 0.500. The van der Waals surface area contributed by atoms with E-state index in [4.69, 9.17) is 4.74 Å². The van der Waals surface area contributed by atoms with Gasteiger partial charge >= 0.3 is 6.18 Å². The topological polar surface area (TPSA) is 29.5 Å². The first-order chi connectivity index (χ1) is 7.76. The molecule has 0 aliphatic carbocycles. The van der Waals surface area contributed by atoms with E-state index in [9.17, 15) is 18.3 Å². The molecule has 0 heterocycles. The SMILES string of the molecule is COc1ccccc1C(C)(O)CCC(F)(F)F. The Morgan fingerprint density at radius 1 is 1.18 bits per heavy atom. The minimum absolute atomic E-state index is 0.367. The first kappa shape index (κ1) is 13.8. The summed E-state index contributed by atoms with van der Waals surface area (Å²) in [5, 5.41) is 10.1. The molecular formula is C12H15F3O2. The first-order valence-electron chi connectivity index (χ1n) is 5.19. The van der Waals surface area contributed by atoms with Gasteiger partial charge in [-0.25, -0.2) is 0 Å². The van der Waals surface area contributed by atoms with E-state index in [0.717, 1.165) is 0 Å².